The first-order chi connectivity index (χ1) is 6.27. The van der Waals surface area contributed by atoms with Gasteiger partial charge in [0, 0.05) is 6.20 Å². The molecule has 0 fully saturated rings. The summed E-state index contributed by atoms with van der Waals surface area (Å²) in [5, 5.41) is 11.9. The van der Waals surface area contributed by atoms with Gasteiger partial charge in [0.05, 0.1) is 17.1 Å². The van der Waals surface area contributed by atoms with E-state index in [1.54, 1.807) is 12.3 Å². The van der Waals surface area contributed by atoms with Crippen LogP contribution < -0.4 is 5.32 Å². The van der Waals surface area contributed by atoms with Crippen molar-refractivity contribution in [2.24, 2.45) is 0 Å². The summed E-state index contributed by atoms with van der Waals surface area (Å²) in [5.74, 6) is 0.710. The van der Waals surface area contributed by atoms with Crippen LogP contribution in [0.15, 0.2) is 35.5 Å². The van der Waals surface area contributed by atoms with Crippen molar-refractivity contribution in [3.05, 3.63) is 35.5 Å². The van der Waals surface area contributed by atoms with Crippen LogP contribution in [-0.4, -0.2) is 22.7 Å². The zero-order valence-corrected chi connectivity index (χ0v) is 8.66. The number of halogens is 1. The van der Waals surface area contributed by atoms with E-state index in [2.05, 4.69) is 32.8 Å². The van der Waals surface area contributed by atoms with Gasteiger partial charge in [0.25, 0.3) is 0 Å². The molecule has 13 heavy (non-hydrogen) atoms. The number of pyridine rings is 1. The molecule has 0 amide bonds. The quantitative estimate of drug-likeness (QED) is 0.792. The molecule has 2 N–H and O–H groups in total. The third-order valence-corrected chi connectivity index (χ3v) is 2.20. The van der Waals surface area contributed by atoms with Crippen LogP contribution in [0.3, 0.4) is 0 Å². The van der Waals surface area contributed by atoms with E-state index in [-0.39, 0.29) is 12.6 Å². The molecule has 0 bridgehead atoms. The van der Waals surface area contributed by atoms with Crippen molar-refractivity contribution in [1.29, 1.82) is 0 Å². The first-order valence-corrected chi connectivity index (χ1v) is 4.67. The van der Waals surface area contributed by atoms with Crippen molar-refractivity contribution in [3.8, 4) is 0 Å². The maximum absolute atomic E-state index is 8.90. The van der Waals surface area contributed by atoms with Crippen molar-refractivity contribution >= 4 is 21.7 Å². The molecule has 0 aliphatic rings. The monoisotopic (exact) mass is 242 g/mol. The molecule has 0 radical (unpaired) electrons. The Bertz CT molecular complexity index is 291. The molecule has 1 rings (SSSR count). The number of hydrogen-bond acceptors (Lipinski definition) is 3. The van der Waals surface area contributed by atoms with Gasteiger partial charge in [-0.25, -0.2) is 4.98 Å². The normalized spacial score (nSPS) is 12.2. The minimum absolute atomic E-state index is 0.00646. The Kier molecular flexibility index (Phi) is 3.92. The number of aliphatic hydroxyl groups excluding tert-OH is 1. The summed E-state index contributed by atoms with van der Waals surface area (Å²) in [7, 11) is 0. The van der Waals surface area contributed by atoms with Crippen LogP contribution in [-0.2, 0) is 0 Å². The third kappa shape index (κ3) is 2.82. The summed E-state index contributed by atoms with van der Waals surface area (Å²) in [5.41, 5.74) is 0. The molecule has 0 spiro atoms. The van der Waals surface area contributed by atoms with E-state index in [0.29, 0.717) is 5.82 Å². The van der Waals surface area contributed by atoms with Gasteiger partial charge in [-0.15, -0.1) is 6.58 Å². The van der Waals surface area contributed by atoms with Gasteiger partial charge in [0.1, 0.15) is 5.82 Å². The standard InChI is InChI=1S/C9H11BrN2O/c1-2-7(6-13)12-9-8(10)4-3-5-11-9/h2-5,7,13H,1,6H2,(H,11,12). The molecule has 0 saturated carbocycles. The number of rotatable bonds is 4. The van der Waals surface area contributed by atoms with Crippen LogP contribution in [0, 0.1) is 0 Å². The fourth-order valence-corrected chi connectivity index (χ4v) is 1.22. The Balaban J connectivity index is 2.73. The predicted octanol–water partition coefficient (Wildman–Crippen LogP) is 1.80. The van der Waals surface area contributed by atoms with Gasteiger partial charge in [-0.1, -0.05) is 6.08 Å². The molecular weight excluding hydrogens is 232 g/mol. The number of aromatic nitrogens is 1. The molecule has 0 aliphatic carbocycles. The minimum atomic E-state index is -0.161. The maximum Gasteiger partial charge on any atom is 0.140 e. The maximum atomic E-state index is 8.90. The number of anilines is 1. The van der Waals surface area contributed by atoms with E-state index < -0.39 is 0 Å². The Labute approximate surface area is 85.6 Å². The molecule has 1 aromatic heterocycles. The molecule has 1 atom stereocenters. The zero-order valence-electron chi connectivity index (χ0n) is 7.07. The highest BCUT2D eigenvalue weighted by Gasteiger charge is 2.04. The average Bonchev–Trinajstić information content (AvgIpc) is 2.17. The summed E-state index contributed by atoms with van der Waals surface area (Å²) in [6, 6.07) is 3.55. The van der Waals surface area contributed by atoms with Gasteiger partial charge in [0.15, 0.2) is 0 Å². The first-order valence-electron chi connectivity index (χ1n) is 3.88. The SMILES string of the molecule is C=CC(CO)Nc1ncccc1Br. The van der Waals surface area contributed by atoms with Crippen LogP contribution in [0.2, 0.25) is 0 Å². The number of nitrogens with zero attached hydrogens (tertiary/aromatic N) is 1. The Morgan fingerprint density at radius 2 is 2.54 bits per heavy atom. The first kappa shape index (κ1) is 10.2. The second-order valence-corrected chi connectivity index (χ2v) is 3.36. The lowest BCUT2D eigenvalue weighted by Gasteiger charge is -2.12. The Morgan fingerprint density at radius 3 is 3.08 bits per heavy atom. The van der Waals surface area contributed by atoms with E-state index in [9.17, 15) is 0 Å². The van der Waals surface area contributed by atoms with Crippen molar-refractivity contribution in [2.45, 2.75) is 6.04 Å². The molecule has 0 aliphatic heterocycles. The molecule has 70 valence electrons. The topological polar surface area (TPSA) is 45.1 Å². The molecular formula is C9H11BrN2O. The highest BCUT2D eigenvalue weighted by atomic mass is 79.9. The van der Waals surface area contributed by atoms with Crippen molar-refractivity contribution in [2.75, 3.05) is 11.9 Å². The summed E-state index contributed by atoms with van der Waals surface area (Å²) in [6.07, 6.45) is 3.33. The lowest BCUT2D eigenvalue weighted by molar-refractivity contribution is 0.290. The molecule has 1 aromatic rings. The van der Waals surface area contributed by atoms with Crippen LogP contribution >= 0.6 is 15.9 Å². The minimum Gasteiger partial charge on any atom is -0.394 e. The van der Waals surface area contributed by atoms with Crippen LogP contribution in [0.4, 0.5) is 5.82 Å². The predicted molar refractivity (Wildman–Crippen MR) is 56.6 cm³/mol. The molecule has 3 nitrogen and oxygen atoms in total. The fraction of sp³-hybridized carbons (Fsp3) is 0.222. The summed E-state index contributed by atoms with van der Waals surface area (Å²) in [4.78, 5) is 4.10. The van der Waals surface area contributed by atoms with Gasteiger partial charge in [-0.3, -0.25) is 0 Å². The van der Waals surface area contributed by atoms with E-state index in [1.807, 2.05) is 12.1 Å². The largest absolute Gasteiger partial charge is 0.394 e. The smallest absolute Gasteiger partial charge is 0.140 e. The lowest BCUT2D eigenvalue weighted by Crippen LogP contribution is -2.21. The highest BCUT2D eigenvalue weighted by molar-refractivity contribution is 9.10. The van der Waals surface area contributed by atoms with Gasteiger partial charge >= 0.3 is 0 Å². The number of hydrogen-bond donors (Lipinski definition) is 2. The van der Waals surface area contributed by atoms with Gasteiger partial charge < -0.3 is 10.4 Å². The number of aliphatic hydroxyl groups is 1. The average molecular weight is 243 g/mol. The van der Waals surface area contributed by atoms with E-state index in [0.717, 1.165) is 4.47 Å². The van der Waals surface area contributed by atoms with E-state index in [1.165, 1.54) is 0 Å². The van der Waals surface area contributed by atoms with Gasteiger partial charge in [0.2, 0.25) is 0 Å². The molecule has 4 heteroatoms. The fourth-order valence-electron chi connectivity index (χ4n) is 0.847. The van der Waals surface area contributed by atoms with Crippen LogP contribution in [0.25, 0.3) is 0 Å². The highest BCUT2D eigenvalue weighted by Crippen LogP contribution is 2.18. The van der Waals surface area contributed by atoms with Gasteiger partial charge in [-0.2, -0.15) is 0 Å². The van der Waals surface area contributed by atoms with Crippen molar-refractivity contribution < 1.29 is 5.11 Å². The Hall–Kier alpha value is -0.870. The lowest BCUT2D eigenvalue weighted by atomic mass is 10.3. The summed E-state index contributed by atoms with van der Waals surface area (Å²) >= 11 is 3.34. The van der Waals surface area contributed by atoms with E-state index >= 15 is 0 Å². The summed E-state index contributed by atoms with van der Waals surface area (Å²) < 4.78 is 0.871. The summed E-state index contributed by atoms with van der Waals surface area (Å²) in [6.45, 7) is 3.60. The second kappa shape index (κ2) is 4.99. The van der Waals surface area contributed by atoms with Crippen LogP contribution in [0.5, 0.6) is 0 Å². The molecule has 1 unspecified atom stereocenters. The molecule has 0 aromatic carbocycles. The zero-order chi connectivity index (χ0) is 9.68. The third-order valence-electron chi connectivity index (χ3n) is 1.56. The van der Waals surface area contributed by atoms with Crippen molar-refractivity contribution in [1.82, 2.24) is 4.98 Å². The molecule has 1 heterocycles. The second-order valence-electron chi connectivity index (χ2n) is 2.50. The number of nitrogens with one attached hydrogen (secondary N) is 1. The molecule has 0 saturated heterocycles. The van der Waals surface area contributed by atoms with Crippen molar-refractivity contribution in [3.63, 3.8) is 0 Å². The Morgan fingerprint density at radius 1 is 1.77 bits per heavy atom. The van der Waals surface area contributed by atoms with Crippen LogP contribution in [0.1, 0.15) is 0 Å². The van der Waals surface area contributed by atoms with E-state index in [4.69, 9.17) is 5.11 Å². The van der Waals surface area contributed by atoms with Gasteiger partial charge in [-0.05, 0) is 28.1 Å².